The monoisotopic (exact) mass is 467 g/mol. The normalized spacial score (nSPS) is 11.7. The van der Waals surface area contributed by atoms with Gasteiger partial charge in [0.05, 0.1) is 22.3 Å². The highest BCUT2D eigenvalue weighted by Gasteiger charge is 2.18. The third-order valence-corrected chi connectivity index (χ3v) is 6.46. The molecule has 7 heteroatoms. The zero-order valence-corrected chi connectivity index (χ0v) is 19.1. The number of nitrogens with two attached hydrogens (primary N) is 2. The van der Waals surface area contributed by atoms with Crippen molar-refractivity contribution in [2.45, 2.75) is 12.8 Å². The summed E-state index contributed by atoms with van der Waals surface area (Å²) in [6, 6.07) is 22.1. The van der Waals surface area contributed by atoms with Crippen molar-refractivity contribution in [3.05, 3.63) is 83.5 Å². The van der Waals surface area contributed by atoms with Crippen LogP contribution in [0, 0.1) is 0 Å². The Labute approximate surface area is 200 Å². The number of para-hydroxylation sites is 1. The van der Waals surface area contributed by atoms with E-state index in [2.05, 4.69) is 34.2 Å². The van der Waals surface area contributed by atoms with E-state index in [1.165, 1.54) is 5.56 Å². The maximum absolute atomic E-state index is 6.68. The minimum absolute atomic E-state index is 0.402. The van der Waals surface area contributed by atoms with E-state index in [9.17, 15) is 0 Å². The summed E-state index contributed by atoms with van der Waals surface area (Å²) in [5, 5.41) is 2.49. The summed E-state index contributed by atoms with van der Waals surface area (Å²) < 4.78 is 8.06. The SMILES string of the molecule is NCCCc1ccc(-n2c(N)nc3cnc4cc(Cl)c(-c5cc6ccccc6o5)cc4c32)cc1. The Morgan fingerprint density at radius 3 is 2.59 bits per heavy atom. The van der Waals surface area contributed by atoms with Gasteiger partial charge in [0.2, 0.25) is 5.95 Å². The first-order chi connectivity index (χ1) is 16.6. The molecule has 0 saturated carbocycles. The van der Waals surface area contributed by atoms with E-state index in [0.29, 0.717) is 23.3 Å². The van der Waals surface area contributed by atoms with Crippen molar-refractivity contribution in [2.24, 2.45) is 5.73 Å². The van der Waals surface area contributed by atoms with Crippen molar-refractivity contribution in [1.82, 2.24) is 14.5 Å². The van der Waals surface area contributed by atoms with E-state index in [4.69, 9.17) is 27.5 Å². The van der Waals surface area contributed by atoms with Gasteiger partial charge in [-0.15, -0.1) is 0 Å². The zero-order valence-electron chi connectivity index (χ0n) is 18.3. The molecule has 4 N–H and O–H groups in total. The Morgan fingerprint density at radius 1 is 0.971 bits per heavy atom. The van der Waals surface area contributed by atoms with Crippen LogP contribution >= 0.6 is 11.6 Å². The van der Waals surface area contributed by atoms with Crippen LogP contribution < -0.4 is 11.5 Å². The molecule has 6 aromatic rings. The molecule has 0 atom stereocenters. The number of imidazole rings is 1. The molecule has 0 spiro atoms. The number of hydrogen-bond donors (Lipinski definition) is 2. The van der Waals surface area contributed by atoms with Gasteiger partial charge in [0, 0.05) is 22.0 Å². The van der Waals surface area contributed by atoms with Crippen LogP contribution in [0.3, 0.4) is 0 Å². The van der Waals surface area contributed by atoms with Gasteiger partial charge >= 0.3 is 0 Å². The van der Waals surface area contributed by atoms with Gasteiger partial charge in [-0.25, -0.2) is 4.98 Å². The highest BCUT2D eigenvalue weighted by molar-refractivity contribution is 6.34. The number of benzene rings is 3. The van der Waals surface area contributed by atoms with Gasteiger partial charge in [0.1, 0.15) is 16.9 Å². The van der Waals surface area contributed by atoms with Gasteiger partial charge < -0.3 is 15.9 Å². The Bertz CT molecular complexity index is 1630. The van der Waals surface area contributed by atoms with Crippen LogP contribution in [-0.4, -0.2) is 21.1 Å². The topological polar surface area (TPSA) is 95.9 Å². The molecule has 0 aliphatic carbocycles. The summed E-state index contributed by atoms with van der Waals surface area (Å²) in [7, 11) is 0. The zero-order chi connectivity index (χ0) is 23.2. The lowest BCUT2D eigenvalue weighted by molar-refractivity contribution is 0.632. The van der Waals surface area contributed by atoms with Crippen LogP contribution in [0.4, 0.5) is 5.95 Å². The molecule has 6 rings (SSSR count). The average molecular weight is 468 g/mol. The molecule has 0 aliphatic heterocycles. The first kappa shape index (κ1) is 20.7. The van der Waals surface area contributed by atoms with Crippen molar-refractivity contribution >= 4 is 50.5 Å². The number of halogens is 1. The quantitative estimate of drug-likeness (QED) is 0.318. The number of anilines is 1. The maximum atomic E-state index is 6.68. The molecule has 3 aromatic carbocycles. The fraction of sp³-hybridized carbons (Fsp3) is 0.111. The lowest BCUT2D eigenvalue weighted by atomic mass is 10.1. The van der Waals surface area contributed by atoms with Crippen molar-refractivity contribution in [3.8, 4) is 17.0 Å². The molecule has 0 saturated heterocycles. The minimum atomic E-state index is 0.402. The molecule has 0 unspecified atom stereocenters. The van der Waals surface area contributed by atoms with E-state index in [1.54, 1.807) is 6.20 Å². The summed E-state index contributed by atoms with van der Waals surface area (Å²) in [5.41, 5.74) is 18.2. The second kappa shape index (κ2) is 8.17. The summed E-state index contributed by atoms with van der Waals surface area (Å²) >= 11 is 6.68. The van der Waals surface area contributed by atoms with Crippen molar-refractivity contribution in [1.29, 1.82) is 0 Å². The van der Waals surface area contributed by atoms with Crippen LogP contribution in [0.5, 0.6) is 0 Å². The summed E-state index contributed by atoms with van der Waals surface area (Å²) in [6.45, 7) is 0.677. The molecule has 0 fully saturated rings. The molecule has 0 bridgehead atoms. The molecule has 3 aromatic heterocycles. The summed E-state index contributed by atoms with van der Waals surface area (Å²) in [5.74, 6) is 1.10. The average Bonchev–Trinajstić information content (AvgIpc) is 3.43. The summed E-state index contributed by atoms with van der Waals surface area (Å²) in [6.07, 6.45) is 3.64. The lowest BCUT2D eigenvalue weighted by Crippen LogP contribution is -2.02. The predicted molar refractivity (Wildman–Crippen MR) is 138 cm³/mol. The van der Waals surface area contributed by atoms with Gasteiger partial charge in [0.15, 0.2) is 0 Å². The molecular weight excluding hydrogens is 446 g/mol. The Morgan fingerprint density at radius 2 is 1.79 bits per heavy atom. The number of hydrogen-bond acceptors (Lipinski definition) is 5. The molecule has 3 heterocycles. The third kappa shape index (κ3) is 3.39. The van der Waals surface area contributed by atoms with E-state index in [-0.39, 0.29) is 0 Å². The number of nitrogens with zero attached hydrogens (tertiary/aromatic N) is 3. The lowest BCUT2D eigenvalue weighted by Gasteiger charge is -2.11. The Kier molecular flexibility index (Phi) is 4.98. The van der Waals surface area contributed by atoms with Crippen LogP contribution in [0.15, 0.2) is 77.3 Å². The number of furan rings is 1. The first-order valence-corrected chi connectivity index (χ1v) is 11.5. The number of nitrogen functional groups attached to an aromatic ring is 1. The van der Waals surface area contributed by atoms with Gasteiger partial charge in [-0.1, -0.05) is 41.9 Å². The van der Waals surface area contributed by atoms with Gasteiger partial charge in [0.25, 0.3) is 0 Å². The Hall–Kier alpha value is -3.87. The van der Waals surface area contributed by atoms with E-state index in [1.807, 2.05) is 47.0 Å². The smallest absolute Gasteiger partial charge is 0.206 e. The standard InChI is InChI=1S/C27H22ClN5O/c28-21-14-22-20(13-19(21)25-12-17-5-1-2-6-24(17)34-25)26-23(15-31-22)32-27(30)33(26)18-9-7-16(8-10-18)4-3-11-29/h1-2,5-10,12-15H,3-4,11,29H2,(H2,30,32). The van der Waals surface area contributed by atoms with Gasteiger partial charge in [-0.2, -0.15) is 0 Å². The number of aromatic nitrogens is 3. The van der Waals surface area contributed by atoms with E-state index >= 15 is 0 Å². The minimum Gasteiger partial charge on any atom is -0.456 e. The molecular formula is C27H22ClN5O. The first-order valence-electron chi connectivity index (χ1n) is 11.2. The van der Waals surface area contributed by atoms with E-state index < -0.39 is 0 Å². The Balaban J connectivity index is 1.56. The molecule has 0 amide bonds. The predicted octanol–water partition coefficient (Wildman–Crippen LogP) is 6.11. The highest BCUT2D eigenvalue weighted by Crippen LogP contribution is 2.38. The number of fused-ring (bicyclic) bond motifs is 4. The van der Waals surface area contributed by atoms with Crippen LogP contribution in [-0.2, 0) is 6.42 Å². The largest absolute Gasteiger partial charge is 0.456 e. The van der Waals surface area contributed by atoms with E-state index in [0.717, 1.165) is 57.0 Å². The highest BCUT2D eigenvalue weighted by atomic mass is 35.5. The van der Waals surface area contributed by atoms with Gasteiger partial charge in [-0.3, -0.25) is 9.55 Å². The van der Waals surface area contributed by atoms with Crippen LogP contribution in [0.2, 0.25) is 5.02 Å². The van der Waals surface area contributed by atoms with Crippen LogP contribution in [0.25, 0.3) is 49.9 Å². The number of aryl methyl sites for hydroxylation is 1. The fourth-order valence-corrected chi connectivity index (χ4v) is 4.73. The maximum Gasteiger partial charge on any atom is 0.206 e. The molecule has 34 heavy (non-hydrogen) atoms. The third-order valence-electron chi connectivity index (χ3n) is 6.15. The van der Waals surface area contributed by atoms with Crippen LogP contribution in [0.1, 0.15) is 12.0 Å². The second-order valence-electron chi connectivity index (χ2n) is 8.35. The molecule has 0 radical (unpaired) electrons. The number of rotatable bonds is 5. The number of pyridine rings is 1. The second-order valence-corrected chi connectivity index (χ2v) is 8.76. The molecule has 168 valence electrons. The summed E-state index contributed by atoms with van der Waals surface area (Å²) in [4.78, 5) is 9.16. The van der Waals surface area contributed by atoms with Crippen molar-refractivity contribution in [3.63, 3.8) is 0 Å². The fourth-order valence-electron chi connectivity index (χ4n) is 4.48. The van der Waals surface area contributed by atoms with Gasteiger partial charge in [-0.05, 0) is 61.3 Å². The van der Waals surface area contributed by atoms with Crippen molar-refractivity contribution in [2.75, 3.05) is 12.3 Å². The molecule has 0 aliphatic rings. The molecule has 6 nitrogen and oxygen atoms in total. The van der Waals surface area contributed by atoms with Crippen molar-refractivity contribution < 1.29 is 4.42 Å².